The van der Waals surface area contributed by atoms with E-state index in [0.717, 1.165) is 28.1 Å². The molecule has 0 bridgehead atoms. The summed E-state index contributed by atoms with van der Waals surface area (Å²) in [6.45, 7) is 0.142. The first-order valence-electron chi connectivity index (χ1n) is 6.96. The molecule has 0 heterocycles. The SMILES string of the molecule is CN(C)S(=O)(=O)c1ccc(F)c(C(=O)NCc2cccc(Cl)c2)c1. The van der Waals surface area contributed by atoms with Gasteiger partial charge in [0.2, 0.25) is 10.0 Å². The molecule has 2 aromatic carbocycles. The second-order valence-corrected chi connectivity index (χ2v) is 7.83. The number of hydrogen-bond acceptors (Lipinski definition) is 3. The Morgan fingerprint density at radius 2 is 1.92 bits per heavy atom. The maximum Gasteiger partial charge on any atom is 0.254 e. The minimum absolute atomic E-state index is 0.142. The summed E-state index contributed by atoms with van der Waals surface area (Å²) in [5.41, 5.74) is 0.410. The molecule has 0 saturated carbocycles. The van der Waals surface area contributed by atoms with Gasteiger partial charge < -0.3 is 5.32 Å². The molecule has 0 saturated heterocycles. The lowest BCUT2D eigenvalue weighted by Gasteiger charge is -2.13. The van der Waals surface area contributed by atoms with E-state index in [-0.39, 0.29) is 17.0 Å². The first-order chi connectivity index (χ1) is 11.2. The third kappa shape index (κ3) is 4.11. The zero-order chi connectivity index (χ0) is 17.9. The highest BCUT2D eigenvalue weighted by Crippen LogP contribution is 2.18. The largest absolute Gasteiger partial charge is 0.348 e. The minimum Gasteiger partial charge on any atom is -0.348 e. The molecule has 0 aliphatic rings. The molecule has 2 aromatic rings. The van der Waals surface area contributed by atoms with Gasteiger partial charge in [0.1, 0.15) is 5.82 Å². The van der Waals surface area contributed by atoms with Crippen molar-refractivity contribution in [3.8, 4) is 0 Å². The van der Waals surface area contributed by atoms with Crippen molar-refractivity contribution < 1.29 is 17.6 Å². The fourth-order valence-electron chi connectivity index (χ4n) is 1.97. The number of benzene rings is 2. The van der Waals surface area contributed by atoms with E-state index in [1.807, 2.05) is 0 Å². The number of nitrogens with one attached hydrogen (secondary N) is 1. The normalized spacial score (nSPS) is 11.5. The number of rotatable bonds is 5. The molecule has 0 spiro atoms. The predicted octanol–water partition coefficient (Wildman–Crippen LogP) is 2.66. The summed E-state index contributed by atoms with van der Waals surface area (Å²) in [6, 6.07) is 9.97. The maximum absolute atomic E-state index is 13.9. The number of amides is 1. The molecule has 0 atom stereocenters. The second-order valence-electron chi connectivity index (χ2n) is 5.24. The van der Waals surface area contributed by atoms with Crippen molar-refractivity contribution in [1.29, 1.82) is 0 Å². The van der Waals surface area contributed by atoms with Gasteiger partial charge in [0.15, 0.2) is 0 Å². The van der Waals surface area contributed by atoms with Crippen LogP contribution in [0, 0.1) is 5.82 Å². The van der Waals surface area contributed by atoms with Gasteiger partial charge in [-0.1, -0.05) is 23.7 Å². The van der Waals surface area contributed by atoms with Crippen molar-refractivity contribution in [2.75, 3.05) is 14.1 Å². The number of nitrogens with zero attached hydrogens (tertiary/aromatic N) is 1. The Balaban J connectivity index is 2.23. The third-order valence-corrected chi connectivity index (χ3v) is 5.35. The van der Waals surface area contributed by atoms with E-state index in [1.54, 1.807) is 24.3 Å². The van der Waals surface area contributed by atoms with Gasteiger partial charge in [-0.25, -0.2) is 17.1 Å². The summed E-state index contributed by atoms with van der Waals surface area (Å²) >= 11 is 5.86. The number of halogens is 2. The summed E-state index contributed by atoms with van der Waals surface area (Å²) in [7, 11) is -1.04. The van der Waals surface area contributed by atoms with Crippen LogP contribution in [-0.4, -0.2) is 32.7 Å². The molecule has 1 N–H and O–H groups in total. The smallest absolute Gasteiger partial charge is 0.254 e. The standard InChI is InChI=1S/C16H16ClFN2O3S/c1-20(2)24(22,23)13-6-7-15(18)14(9-13)16(21)19-10-11-4-3-5-12(17)8-11/h3-9H,10H2,1-2H3,(H,19,21). The van der Waals surface area contributed by atoms with E-state index in [4.69, 9.17) is 11.6 Å². The Hall–Kier alpha value is -1.96. The van der Waals surface area contributed by atoms with Crippen LogP contribution in [0.2, 0.25) is 5.02 Å². The monoisotopic (exact) mass is 370 g/mol. The average Bonchev–Trinajstić information content (AvgIpc) is 2.52. The maximum atomic E-state index is 13.9. The molecule has 0 aliphatic heterocycles. The molecule has 0 fully saturated rings. The molecule has 8 heteroatoms. The van der Waals surface area contributed by atoms with E-state index >= 15 is 0 Å². The number of carbonyl (C=O) groups is 1. The van der Waals surface area contributed by atoms with Crippen LogP contribution in [0.25, 0.3) is 0 Å². The molecule has 2 rings (SSSR count). The highest BCUT2D eigenvalue weighted by Gasteiger charge is 2.21. The summed E-state index contributed by atoms with van der Waals surface area (Å²) in [5, 5.41) is 3.07. The van der Waals surface area contributed by atoms with E-state index in [0.29, 0.717) is 5.02 Å². The van der Waals surface area contributed by atoms with Gasteiger partial charge in [-0.05, 0) is 35.9 Å². The lowest BCUT2D eigenvalue weighted by Crippen LogP contribution is -2.26. The Labute approximate surface area is 145 Å². The molecule has 5 nitrogen and oxygen atoms in total. The van der Waals surface area contributed by atoms with Crippen LogP contribution in [0.5, 0.6) is 0 Å². The third-order valence-electron chi connectivity index (χ3n) is 3.30. The first-order valence-corrected chi connectivity index (χ1v) is 8.78. The summed E-state index contributed by atoms with van der Waals surface area (Å²) < 4.78 is 39.1. The highest BCUT2D eigenvalue weighted by molar-refractivity contribution is 7.89. The van der Waals surface area contributed by atoms with Crippen LogP contribution in [-0.2, 0) is 16.6 Å². The van der Waals surface area contributed by atoms with Crippen molar-refractivity contribution in [2.45, 2.75) is 11.4 Å². The molecule has 0 aromatic heterocycles. The van der Waals surface area contributed by atoms with Crippen LogP contribution < -0.4 is 5.32 Å². The topological polar surface area (TPSA) is 66.5 Å². The van der Waals surface area contributed by atoms with E-state index in [2.05, 4.69) is 5.32 Å². The molecule has 0 aliphatic carbocycles. The van der Waals surface area contributed by atoms with E-state index in [9.17, 15) is 17.6 Å². The second kappa shape index (κ2) is 7.29. The van der Waals surface area contributed by atoms with E-state index in [1.165, 1.54) is 14.1 Å². The zero-order valence-corrected chi connectivity index (χ0v) is 14.7. The number of sulfonamides is 1. The molecule has 24 heavy (non-hydrogen) atoms. The zero-order valence-electron chi connectivity index (χ0n) is 13.1. The first kappa shape index (κ1) is 18.4. The van der Waals surface area contributed by atoms with Crippen LogP contribution >= 0.6 is 11.6 Å². The van der Waals surface area contributed by atoms with Gasteiger partial charge in [0, 0.05) is 25.7 Å². The fourth-order valence-corrected chi connectivity index (χ4v) is 3.12. The van der Waals surface area contributed by atoms with Crippen molar-refractivity contribution in [3.63, 3.8) is 0 Å². The molecule has 128 valence electrons. The Bertz CT molecular complexity index is 869. The van der Waals surface area contributed by atoms with Crippen LogP contribution in [0.3, 0.4) is 0 Å². The average molecular weight is 371 g/mol. The Kier molecular flexibility index (Phi) is 5.58. The molecular weight excluding hydrogens is 355 g/mol. The van der Waals surface area contributed by atoms with Crippen molar-refractivity contribution in [2.24, 2.45) is 0 Å². The quantitative estimate of drug-likeness (QED) is 0.879. The molecule has 1 amide bonds. The van der Waals surface area contributed by atoms with Crippen molar-refractivity contribution in [1.82, 2.24) is 9.62 Å². The Morgan fingerprint density at radius 1 is 1.21 bits per heavy atom. The number of hydrogen-bond donors (Lipinski definition) is 1. The minimum atomic E-state index is -3.75. The predicted molar refractivity (Wildman–Crippen MR) is 89.9 cm³/mol. The van der Waals surface area contributed by atoms with Crippen LogP contribution in [0.1, 0.15) is 15.9 Å². The van der Waals surface area contributed by atoms with Crippen molar-refractivity contribution >= 4 is 27.5 Å². The van der Waals surface area contributed by atoms with E-state index < -0.39 is 21.7 Å². The van der Waals surface area contributed by atoms with Gasteiger partial charge in [0.05, 0.1) is 10.5 Å². The van der Waals surface area contributed by atoms with Gasteiger partial charge in [-0.15, -0.1) is 0 Å². The fraction of sp³-hybridized carbons (Fsp3) is 0.188. The number of carbonyl (C=O) groups excluding carboxylic acids is 1. The summed E-state index contributed by atoms with van der Waals surface area (Å²) in [4.78, 5) is 12.0. The van der Waals surface area contributed by atoms with Gasteiger partial charge in [-0.2, -0.15) is 0 Å². The lowest BCUT2D eigenvalue weighted by molar-refractivity contribution is 0.0946. The summed E-state index contributed by atoms with van der Waals surface area (Å²) in [6.07, 6.45) is 0. The lowest BCUT2D eigenvalue weighted by atomic mass is 10.2. The molecular formula is C16H16ClFN2O3S. The van der Waals surface area contributed by atoms with Gasteiger partial charge in [-0.3, -0.25) is 4.79 Å². The highest BCUT2D eigenvalue weighted by atomic mass is 35.5. The van der Waals surface area contributed by atoms with Gasteiger partial charge in [0.25, 0.3) is 5.91 Å². The van der Waals surface area contributed by atoms with Crippen molar-refractivity contribution in [3.05, 3.63) is 64.4 Å². The van der Waals surface area contributed by atoms with Gasteiger partial charge >= 0.3 is 0 Å². The molecule has 0 unspecified atom stereocenters. The Morgan fingerprint density at radius 3 is 2.54 bits per heavy atom. The van der Waals surface area contributed by atoms with Crippen LogP contribution in [0.4, 0.5) is 4.39 Å². The molecule has 0 radical (unpaired) electrons. The van der Waals surface area contributed by atoms with Crippen LogP contribution in [0.15, 0.2) is 47.4 Å². The summed E-state index contributed by atoms with van der Waals surface area (Å²) in [5.74, 6) is -1.50.